The van der Waals surface area contributed by atoms with Crippen molar-refractivity contribution in [3.05, 3.63) is 11.8 Å². The Kier molecular flexibility index (Phi) is 9.92. The molecule has 2 saturated heterocycles. The van der Waals surface area contributed by atoms with Crippen LogP contribution >= 0.6 is 0 Å². The van der Waals surface area contributed by atoms with Gasteiger partial charge in [0, 0.05) is 6.20 Å². The van der Waals surface area contributed by atoms with Gasteiger partial charge in [0.25, 0.3) is 0 Å². The van der Waals surface area contributed by atoms with Gasteiger partial charge in [0.1, 0.15) is 48.8 Å². The van der Waals surface area contributed by atoms with Gasteiger partial charge in [-0.1, -0.05) is 0 Å². The van der Waals surface area contributed by atoms with Crippen molar-refractivity contribution < 1.29 is 69.0 Å². The number of esters is 2. The van der Waals surface area contributed by atoms with Crippen molar-refractivity contribution in [1.82, 2.24) is 5.32 Å². The van der Waals surface area contributed by atoms with E-state index in [9.17, 15) is 45.3 Å². The topological polar surface area (TPSA) is 234 Å². The normalized spacial score (nSPS) is 38.8. The molecule has 2 rings (SSSR count). The second-order valence-electron chi connectivity index (χ2n) is 7.27. The third kappa shape index (κ3) is 5.96. The Labute approximate surface area is 187 Å². The molecule has 8 N–H and O–H groups in total. The molecule has 190 valence electrons. The number of aliphatic hydroxyl groups excluding tert-OH is 7. The first-order valence-corrected chi connectivity index (χ1v) is 9.82. The minimum absolute atomic E-state index is 0.602. The number of nitrogens with one attached hydrogen (secondary N) is 1. The van der Waals surface area contributed by atoms with Gasteiger partial charge < -0.3 is 64.7 Å². The highest BCUT2D eigenvalue weighted by molar-refractivity contribution is 6.13. The monoisotopic (exact) mass is 483 g/mol. The Morgan fingerprint density at radius 1 is 0.848 bits per heavy atom. The summed E-state index contributed by atoms with van der Waals surface area (Å²) in [6.45, 7) is -1.48. The smallest absolute Gasteiger partial charge is 0.346 e. The van der Waals surface area contributed by atoms with Gasteiger partial charge >= 0.3 is 11.9 Å². The summed E-state index contributed by atoms with van der Waals surface area (Å²) in [5, 5.41) is 72.2. The van der Waals surface area contributed by atoms with Gasteiger partial charge in [0.05, 0.1) is 27.4 Å². The number of carbonyl (C=O) groups is 2. The number of methoxy groups -OCH3 is 2. The summed E-state index contributed by atoms with van der Waals surface area (Å²) in [6.07, 6.45) is -13.7. The van der Waals surface area contributed by atoms with Crippen molar-refractivity contribution in [2.75, 3.05) is 27.4 Å². The Morgan fingerprint density at radius 3 is 1.94 bits per heavy atom. The first-order valence-electron chi connectivity index (χ1n) is 9.82. The van der Waals surface area contributed by atoms with Crippen LogP contribution in [0, 0.1) is 0 Å². The molecule has 0 aromatic carbocycles. The average molecular weight is 483 g/mol. The largest absolute Gasteiger partial charge is 0.465 e. The van der Waals surface area contributed by atoms with Gasteiger partial charge in [-0.3, -0.25) is 0 Å². The average Bonchev–Trinajstić information content (AvgIpc) is 2.81. The molecule has 0 unspecified atom stereocenters. The van der Waals surface area contributed by atoms with Gasteiger partial charge in [-0.05, 0) is 0 Å². The fourth-order valence-corrected chi connectivity index (χ4v) is 3.37. The molecular weight excluding hydrogens is 454 g/mol. The molecule has 2 aliphatic rings. The molecule has 2 heterocycles. The van der Waals surface area contributed by atoms with Crippen molar-refractivity contribution in [2.24, 2.45) is 0 Å². The van der Waals surface area contributed by atoms with E-state index in [0.717, 1.165) is 20.4 Å². The number of ether oxygens (including phenoxy) is 5. The number of carbonyl (C=O) groups excluding carboxylic acids is 2. The van der Waals surface area contributed by atoms with Crippen LogP contribution < -0.4 is 5.32 Å². The van der Waals surface area contributed by atoms with E-state index in [1.54, 1.807) is 0 Å². The third-order valence-electron chi connectivity index (χ3n) is 5.24. The maximum Gasteiger partial charge on any atom is 0.346 e. The second-order valence-corrected chi connectivity index (χ2v) is 7.27. The molecule has 0 aromatic rings. The Hall–Kier alpha value is -1.92. The minimum Gasteiger partial charge on any atom is -0.465 e. The summed E-state index contributed by atoms with van der Waals surface area (Å²) < 4.78 is 24.9. The number of hydrogen-bond donors (Lipinski definition) is 8. The molecule has 0 spiro atoms. The van der Waals surface area contributed by atoms with E-state index in [4.69, 9.17) is 14.2 Å². The summed E-state index contributed by atoms with van der Waals surface area (Å²) in [5.74, 6) is -2.14. The van der Waals surface area contributed by atoms with Crippen LogP contribution in [-0.2, 0) is 33.3 Å². The molecular formula is C18H29NO14. The lowest BCUT2D eigenvalue weighted by Gasteiger charge is -2.46. The van der Waals surface area contributed by atoms with Gasteiger partial charge in [0.2, 0.25) is 0 Å². The molecule has 0 amide bonds. The van der Waals surface area contributed by atoms with Crippen LogP contribution in [0.15, 0.2) is 11.8 Å². The zero-order valence-electron chi connectivity index (χ0n) is 17.8. The number of hydrogen-bond acceptors (Lipinski definition) is 15. The minimum atomic E-state index is -1.81. The van der Waals surface area contributed by atoms with Crippen molar-refractivity contribution in [3.63, 3.8) is 0 Å². The summed E-state index contributed by atoms with van der Waals surface area (Å²) in [5.41, 5.74) is -0.602. The van der Waals surface area contributed by atoms with Gasteiger partial charge in [-0.25, -0.2) is 9.59 Å². The Morgan fingerprint density at radius 2 is 1.42 bits per heavy atom. The molecule has 0 saturated carbocycles. The molecule has 33 heavy (non-hydrogen) atoms. The predicted octanol–water partition coefficient (Wildman–Crippen LogP) is -5.57. The quantitative estimate of drug-likeness (QED) is 0.0695. The highest BCUT2D eigenvalue weighted by Gasteiger charge is 2.50. The molecule has 0 aromatic heterocycles. The van der Waals surface area contributed by atoms with E-state index >= 15 is 0 Å². The van der Waals surface area contributed by atoms with Crippen molar-refractivity contribution in [3.8, 4) is 0 Å². The lowest BCUT2D eigenvalue weighted by atomic mass is 9.95. The summed E-state index contributed by atoms with van der Waals surface area (Å²) in [6, 6.07) is -1.44. The Balaban J connectivity index is 2.23. The third-order valence-corrected chi connectivity index (χ3v) is 5.24. The molecule has 0 aliphatic carbocycles. The van der Waals surface area contributed by atoms with E-state index in [2.05, 4.69) is 14.8 Å². The standard InChI is InChI=1S/C18H29NO14/c1-29-15(26)6(16(27)30-2)3-19-9-11(23)14(8(5-21)31-17(9)28)33-18-13(25)12(24)10(22)7(4-20)32-18/h3,7-14,17-25,28H,4-5H2,1-2H3/t7-,8-,9-,10+,11+,12-,13-,14-,17+,18+/m1/s1. The molecule has 2 fully saturated rings. The maximum atomic E-state index is 11.8. The second kappa shape index (κ2) is 12.0. The van der Waals surface area contributed by atoms with E-state index in [0.29, 0.717) is 0 Å². The molecule has 0 bridgehead atoms. The predicted molar refractivity (Wildman–Crippen MR) is 102 cm³/mol. The van der Waals surface area contributed by atoms with Gasteiger partial charge in [-0.2, -0.15) is 0 Å². The van der Waals surface area contributed by atoms with E-state index in [-0.39, 0.29) is 0 Å². The number of rotatable bonds is 8. The Bertz CT molecular complexity index is 684. The molecule has 15 heteroatoms. The van der Waals surface area contributed by atoms with Crippen LogP contribution in [0.2, 0.25) is 0 Å². The molecule has 0 radical (unpaired) electrons. The van der Waals surface area contributed by atoms with Crippen LogP contribution in [0.1, 0.15) is 0 Å². The first kappa shape index (κ1) is 27.3. The lowest BCUT2D eigenvalue weighted by molar-refractivity contribution is -0.345. The summed E-state index contributed by atoms with van der Waals surface area (Å²) in [4.78, 5) is 23.5. The molecule has 10 atom stereocenters. The van der Waals surface area contributed by atoms with Gasteiger partial charge in [0.15, 0.2) is 18.2 Å². The molecule has 2 aliphatic heterocycles. The van der Waals surface area contributed by atoms with Gasteiger partial charge in [-0.15, -0.1) is 0 Å². The van der Waals surface area contributed by atoms with E-state index in [1.807, 2.05) is 0 Å². The highest BCUT2D eigenvalue weighted by Crippen LogP contribution is 2.28. The van der Waals surface area contributed by atoms with Crippen LogP contribution in [0.5, 0.6) is 0 Å². The fourth-order valence-electron chi connectivity index (χ4n) is 3.37. The summed E-state index contributed by atoms with van der Waals surface area (Å²) >= 11 is 0. The maximum absolute atomic E-state index is 11.8. The highest BCUT2D eigenvalue weighted by atomic mass is 16.7. The van der Waals surface area contributed by atoms with E-state index < -0.39 is 92.1 Å². The molecule has 15 nitrogen and oxygen atoms in total. The van der Waals surface area contributed by atoms with E-state index in [1.165, 1.54) is 0 Å². The zero-order chi connectivity index (χ0) is 24.9. The number of aliphatic hydroxyl groups is 7. The first-order chi connectivity index (χ1) is 15.6. The fraction of sp³-hybridized carbons (Fsp3) is 0.778. The van der Waals surface area contributed by atoms with Crippen molar-refractivity contribution in [1.29, 1.82) is 0 Å². The van der Waals surface area contributed by atoms with Crippen LogP contribution in [0.3, 0.4) is 0 Å². The van der Waals surface area contributed by atoms with Crippen LogP contribution in [-0.4, -0.2) is 136 Å². The van der Waals surface area contributed by atoms with Crippen molar-refractivity contribution in [2.45, 2.75) is 61.3 Å². The van der Waals surface area contributed by atoms with Crippen molar-refractivity contribution >= 4 is 11.9 Å². The lowest BCUT2D eigenvalue weighted by Crippen LogP contribution is -2.66. The van der Waals surface area contributed by atoms with Crippen LogP contribution in [0.25, 0.3) is 0 Å². The zero-order valence-corrected chi connectivity index (χ0v) is 17.8. The SMILES string of the molecule is COC(=O)C(=CN[C@@H]1[C@H](O)[C@H](O[C@@H]2O[C@H](CO)[C@H](O)[C@@H](O)[C@H]2O)[C@@H](CO)O[C@@H]1O)C(=O)OC. The summed E-state index contributed by atoms with van der Waals surface area (Å²) in [7, 11) is 2.03. The van der Waals surface area contributed by atoms with Crippen LogP contribution in [0.4, 0.5) is 0 Å².